The third-order valence-corrected chi connectivity index (χ3v) is 3.65. The van der Waals surface area contributed by atoms with E-state index in [9.17, 15) is 4.79 Å². The van der Waals surface area contributed by atoms with Crippen molar-refractivity contribution < 1.29 is 14.3 Å². The molecular weight excluding hydrogens is 276 g/mol. The molecule has 0 bridgehead atoms. The molecule has 0 radical (unpaired) electrons. The highest BCUT2D eigenvalue weighted by molar-refractivity contribution is 7.10. The van der Waals surface area contributed by atoms with Gasteiger partial charge in [0.25, 0.3) is 0 Å². The van der Waals surface area contributed by atoms with Crippen LogP contribution in [0.1, 0.15) is 34.0 Å². The average molecular weight is 292 g/mol. The Balaban J connectivity index is 2.20. The van der Waals surface area contributed by atoms with Gasteiger partial charge >= 0.3 is 5.97 Å². The molecule has 0 aliphatic heterocycles. The lowest BCUT2D eigenvalue weighted by atomic mass is 10.1. The minimum Gasteiger partial charge on any atom is -0.497 e. The topological polar surface area (TPSA) is 74.4 Å². The van der Waals surface area contributed by atoms with Crippen molar-refractivity contribution in [3.8, 4) is 5.75 Å². The van der Waals surface area contributed by atoms with E-state index < -0.39 is 12.0 Å². The Bertz CT molecular complexity index is 598. The zero-order valence-electron chi connectivity index (χ0n) is 11.3. The third kappa shape index (κ3) is 3.15. The van der Waals surface area contributed by atoms with Gasteiger partial charge in [-0.25, -0.2) is 9.78 Å². The number of rotatable bonds is 5. The van der Waals surface area contributed by atoms with Crippen molar-refractivity contribution in [1.82, 2.24) is 4.98 Å². The quantitative estimate of drug-likeness (QED) is 0.856. The molecule has 2 N–H and O–H groups in total. The summed E-state index contributed by atoms with van der Waals surface area (Å²) >= 11 is 1.34. The summed E-state index contributed by atoms with van der Waals surface area (Å²) in [6.07, 6.45) is 0. The van der Waals surface area contributed by atoms with Crippen molar-refractivity contribution in [3.05, 3.63) is 45.9 Å². The Morgan fingerprint density at radius 1 is 1.50 bits per heavy atom. The van der Waals surface area contributed by atoms with Gasteiger partial charge in [-0.05, 0) is 24.6 Å². The van der Waals surface area contributed by atoms with Crippen molar-refractivity contribution in [2.45, 2.75) is 13.0 Å². The molecule has 2 rings (SSSR count). The minimum atomic E-state index is -0.423. The number of thiazole rings is 1. The second-order valence-electron chi connectivity index (χ2n) is 4.05. The molecule has 0 aliphatic carbocycles. The van der Waals surface area contributed by atoms with Crippen LogP contribution in [0.3, 0.4) is 0 Å². The molecule has 0 amide bonds. The predicted molar refractivity (Wildman–Crippen MR) is 77.1 cm³/mol. The first kappa shape index (κ1) is 14.5. The first-order valence-electron chi connectivity index (χ1n) is 6.17. The fourth-order valence-electron chi connectivity index (χ4n) is 1.71. The number of carbonyl (C=O) groups is 1. The highest BCUT2D eigenvalue weighted by atomic mass is 32.1. The zero-order chi connectivity index (χ0) is 14.5. The van der Waals surface area contributed by atoms with Gasteiger partial charge in [0.2, 0.25) is 0 Å². The van der Waals surface area contributed by atoms with Crippen LogP contribution in [-0.2, 0) is 4.74 Å². The number of ether oxygens (including phenoxy) is 2. The lowest BCUT2D eigenvalue weighted by molar-refractivity contribution is 0.0520. The zero-order valence-corrected chi connectivity index (χ0v) is 12.1. The molecule has 0 aliphatic rings. The molecule has 20 heavy (non-hydrogen) atoms. The Labute approximate surface area is 121 Å². The smallest absolute Gasteiger partial charge is 0.357 e. The third-order valence-electron chi connectivity index (χ3n) is 2.73. The maximum atomic E-state index is 11.6. The molecule has 0 saturated carbocycles. The van der Waals surface area contributed by atoms with E-state index >= 15 is 0 Å². The van der Waals surface area contributed by atoms with Crippen molar-refractivity contribution in [2.75, 3.05) is 13.7 Å². The number of methoxy groups -OCH3 is 1. The number of hydrogen-bond donors (Lipinski definition) is 1. The van der Waals surface area contributed by atoms with Crippen LogP contribution in [0.15, 0.2) is 29.6 Å². The van der Waals surface area contributed by atoms with Crippen molar-refractivity contribution in [2.24, 2.45) is 5.73 Å². The largest absolute Gasteiger partial charge is 0.497 e. The van der Waals surface area contributed by atoms with Gasteiger partial charge in [0.05, 0.1) is 19.8 Å². The SMILES string of the molecule is CCOC(=O)c1csc(C(N)c2cccc(OC)c2)n1. The van der Waals surface area contributed by atoms with E-state index in [0.717, 1.165) is 11.3 Å². The first-order chi connectivity index (χ1) is 9.65. The molecule has 0 spiro atoms. The van der Waals surface area contributed by atoms with E-state index in [1.165, 1.54) is 11.3 Å². The molecule has 1 aromatic carbocycles. The molecule has 2 aromatic rings. The number of benzene rings is 1. The number of nitrogens with two attached hydrogens (primary N) is 1. The molecule has 0 fully saturated rings. The van der Waals surface area contributed by atoms with Crippen LogP contribution < -0.4 is 10.5 Å². The summed E-state index contributed by atoms with van der Waals surface area (Å²) in [5, 5.41) is 2.33. The van der Waals surface area contributed by atoms with E-state index in [-0.39, 0.29) is 0 Å². The molecule has 1 aromatic heterocycles. The fraction of sp³-hybridized carbons (Fsp3) is 0.286. The van der Waals surface area contributed by atoms with Gasteiger partial charge in [0, 0.05) is 5.38 Å². The van der Waals surface area contributed by atoms with Gasteiger partial charge in [-0.15, -0.1) is 11.3 Å². The van der Waals surface area contributed by atoms with Crippen molar-refractivity contribution in [1.29, 1.82) is 0 Å². The molecule has 1 heterocycles. The lowest BCUT2D eigenvalue weighted by Gasteiger charge is -2.10. The van der Waals surface area contributed by atoms with Crippen LogP contribution in [0.4, 0.5) is 0 Å². The first-order valence-corrected chi connectivity index (χ1v) is 7.05. The van der Waals surface area contributed by atoms with E-state index in [2.05, 4.69) is 4.98 Å². The highest BCUT2D eigenvalue weighted by Crippen LogP contribution is 2.25. The van der Waals surface area contributed by atoms with Gasteiger partial charge in [-0.2, -0.15) is 0 Å². The molecule has 0 saturated heterocycles. The molecular formula is C14H16N2O3S. The summed E-state index contributed by atoms with van der Waals surface area (Å²) in [6, 6.07) is 7.09. The van der Waals surface area contributed by atoms with Gasteiger partial charge in [0.1, 0.15) is 10.8 Å². The highest BCUT2D eigenvalue weighted by Gasteiger charge is 2.17. The average Bonchev–Trinajstić information content (AvgIpc) is 2.96. The van der Waals surface area contributed by atoms with Gasteiger partial charge in [0.15, 0.2) is 5.69 Å². The molecule has 1 unspecified atom stereocenters. The van der Waals surface area contributed by atoms with Crippen LogP contribution in [0, 0.1) is 0 Å². The second kappa shape index (κ2) is 6.49. The van der Waals surface area contributed by atoms with E-state index in [1.807, 2.05) is 24.3 Å². The van der Waals surface area contributed by atoms with Gasteiger partial charge in [-0.3, -0.25) is 0 Å². The van der Waals surface area contributed by atoms with Crippen LogP contribution in [-0.4, -0.2) is 24.7 Å². The van der Waals surface area contributed by atoms with Gasteiger partial charge in [-0.1, -0.05) is 12.1 Å². The van der Waals surface area contributed by atoms with Crippen molar-refractivity contribution in [3.63, 3.8) is 0 Å². The minimum absolute atomic E-state index is 0.296. The number of esters is 1. The standard InChI is InChI=1S/C14H16N2O3S/c1-3-19-14(17)11-8-20-13(16-11)12(15)9-5-4-6-10(7-9)18-2/h4-8,12H,3,15H2,1-2H3. The van der Waals surface area contributed by atoms with Crippen LogP contribution in [0.25, 0.3) is 0 Å². The maximum Gasteiger partial charge on any atom is 0.357 e. The normalized spacial score (nSPS) is 11.9. The van der Waals surface area contributed by atoms with Crippen LogP contribution in [0.5, 0.6) is 5.75 Å². The number of aromatic nitrogens is 1. The number of carbonyl (C=O) groups excluding carboxylic acids is 1. The molecule has 6 heteroatoms. The van der Waals surface area contributed by atoms with E-state index in [1.54, 1.807) is 19.4 Å². The van der Waals surface area contributed by atoms with E-state index in [0.29, 0.717) is 17.3 Å². The summed E-state index contributed by atoms with van der Waals surface area (Å²) in [7, 11) is 1.60. The second-order valence-corrected chi connectivity index (χ2v) is 4.94. The number of hydrogen-bond acceptors (Lipinski definition) is 6. The summed E-state index contributed by atoms with van der Waals surface area (Å²) in [6.45, 7) is 2.08. The van der Waals surface area contributed by atoms with Crippen LogP contribution >= 0.6 is 11.3 Å². The fourth-order valence-corrected chi connectivity index (χ4v) is 2.52. The Morgan fingerprint density at radius 2 is 2.30 bits per heavy atom. The molecule has 5 nitrogen and oxygen atoms in total. The lowest BCUT2D eigenvalue weighted by Crippen LogP contribution is -2.12. The summed E-state index contributed by atoms with van der Waals surface area (Å²) in [5.41, 5.74) is 7.35. The van der Waals surface area contributed by atoms with E-state index in [4.69, 9.17) is 15.2 Å². The Kier molecular flexibility index (Phi) is 4.70. The molecule has 106 valence electrons. The molecule has 1 atom stereocenters. The monoisotopic (exact) mass is 292 g/mol. The summed E-state index contributed by atoms with van der Waals surface area (Å²) < 4.78 is 10.1. The predicted octanol–water partition coefficient (Wildman–Crippen LogP) is 2.38. The Hall–Kier alpha value is -1.92. The van der Waals surface area contributed by atoms with Crippen LogP contribution in [0.2, 0.25) is 0 Å². The summed E-state index contributed by atoms with van der Waals surface area (Å²) in [4.78, 5) is 15.8. The Morgan fingerprint density at radius 3 is 3.00 bits per heavy atom. The van der Waals surface area contributed by atoms with Gasteiger partial charge < -0.3 is 15.2 Å². The summed E-state index contributed by atoms with van der Waals surface area (Å²) in [5.74, 6) is 0.313. The number of nitrogens with zero attached hydrogens (tertiary/aromatic N) is 1. The maximum absolute atomic E-state index is 11.6. The van der Waals surface area contributed by atoms with Crippen molar-refractivity contribution >= 4 is 17.3 Å².